The predicted octanol–water partition coefficient (Wildman–Crippen LogP) is 3.90. The average Bonchev–Trinajstić information content (AvgIpc) is 2.47. The molecular weight excluding hydrogens is 251 g/mol. The molecule has 0 amide bonds. The molecular formula is C17H29FN2. The van der Waals surface area contributed by atoms with Crippen molar-refractivity contribution in [2.45, 2.75) is 58.5 Å². The van der Waals surface area contributed by atoms with Gasteiger partial charge in [-0.05, 0) is 32.0 Å². The number of halogens is 1. The third kappa shape index (κ3) is 3.39. The van der Waals surface area contributed by atoms with Gasteiger partial charge in [0.15, 0.2) is 0 Å². The minimum absolute atomic E-state index is 0.171. The molecule has 1 aromatic rings. The van der Waals surface area contributed by atoms with Crippen molar-refractivity contribution >= 4 is 0 Å². The minimum atomic E-state index is -0.632. The van der Waals surface area contributed by atoms with Crippen LogP contribution in [0, 0.1) is 5.82 Å². The molecule has 0 aromatic heterocycles. The zero-order chi connectivity index (χ0) is 15.2. The van der Waals surface area contributed by atoms with E-state index in [0.717, 1.165) is 32.4 Å². The van der Waals surface area contributed by atoms with Gasteiger partial charge in [-0.1, -0.05) is 52.3 Å². The van der Waals surface area contributed by atoms with Crippen molar-refractivity contribution < 1.29 is 4.39 Å². The topological polar surface area (TPSA) is 29.3 Å². The Bertz CT molecular complexity index is 404. The summed E-state index contributed by atoms with van der Waals surface area (Å²) in [6.45, 7) is 10.4. The highest BCUT2D eigenvalue weighted by Crippen LogP contribution is 2.33. The maximum Gasteiger partial charge on any atom is 0.128 e. The number of likely N-dealkylation sites (N-methyl/N-ethyl adjacent to an activating group) is 1. The molecule has 2 atom stereocenters. The first-order valence-corrected chi connectivity index (χ1v) is 7.82. The number of nitrogens with zero attached hydrogens (tertiary/aromatic N) is 1. The van der Waals surface area contributed by atoms with Crippen LogP contribution in [0.2, 0.25) is 0 Å². The quantitative estimate of drug-likeness (QED) is 0.782. The van der Waals surface area contributed by atoms with Crippen molar-refractivity contribution in [3.63, 3.8) is 0 Å². The van der Waals surface area contributed by atoms with E-state index in [9.17, 15) is 4.39 Å². The second-order valence-corrected chi connectivity index (χ2v) is 5.40. The summed E-state index contributed by atoms with van der Waals surface area (Å²) >= 11 is 0. The first-order valence-electron chi connectivity index (χ1n) is 7.82. The Kier molecular flexibility index (Phi) is 6.63. The van der Waals surface area contributed by atoms with E-state index in [2.05, 4.69) is 32.6 Å². The van der Waals surface area contributed by atoms with Crippen LogP contribution in [0.3, 0.4) is 0 Å². The van der Waals surface area contributed by atoms with Crippen LogP contribution in [-0.4, -0.2) is 24.0 Å². The largest absolute Gasteiger partial charge is 0.320 e. The van der Waals surface area contributed by atoms with Crippen LogP contribution < -0.4 is 5.73 Å². The molecule has 20 heavy (non-hydrogen) atoms. The number of rotatable bonds is 8. The van der Waals surface area contributed by atoms with E-state index < -0.39 is 5.54 Å². The summed E-state index contributed by atoms with van der Waals surface area (Å²) in [5, 5.41) is 0. The van der Waals surface area contributed by atoms with Gasteiger partial charge in [-0.25, -0.2) is 4.39 Å². The van der Waals surface area contributed by atoms with Crippen LogP contribution in [0.1, 0.15) is 52.5 Å². The molecule has 1 aromatic carbocycles. The van der Waals surface area contributed by atoms with Gasteiger partial charge in [0.2, 0.25) is 0 Å². The molecule has 114 valence electrons. The third-order valence-electron chi connectivity index (χ3n) is 4.37. The summed E-state index contributed by atoms with van der Waals surface area (Å²) in [6, 6.07) is 7.12. The summed E-state index contributed by atoms with van der Waals surface area (Å²) in [4.78, 5) is 2.36. The second kappa shape index (κ2) is 7.75. The van der Waals surface area contributed by atoms with Crippen molar-refractivity contribution in [3.05, 3.63) is 35.6 Å². The summed E-state index contributed by atoms with van der Waals surface area (Å²) in [6.07, 6.45) is 2.77. The normalized spacial score (nSPS) is 16.1. The van der Waals surface area contributed by atoms with E-state index in [0.29, 0.717) is 5.56 Å². The van der Waals surface area contributed by atoms with Gasteiger partial charge in [0, 0.05) is 11.6 Å². The Hall–Kier alpha value is -0.930. The molecule has 3 heteroatoms. The molecule has 0 aliphatic heterocycles. The van der Waals surface area contributed by atoms with Gasteiger partial charge < -0.3 is 5.73 Å². The average molecular weight is 280 g/mol. The fourth-order valence-corrected chi connectivity index (χ4v) is 3.15. The Morgan fingerprint density at radius 2 is 1.75 bits per heavy atom. The Morgan fingerprint density at radius 3 is 2.20 bits per heavy atom. The highest BCUT2D eigenvalue weighted by molar-refractivity contribution is 5.28. The van der Waals surface area contributed by atoms with Gasteiger partial charge in [0.25, 0.3) is 0 Å². The minimum Gasteiger partial charge on any atom is -0.320 e. The van der Waals surface area contributed by atoms with Crippen molar-refractivity contribution in [1.29, 1.82) is 0 Å². The number of hydrogen-bond donors (Lipinski definition) is 1. The molecule has 0 radical (unpaired) electrons. The van der Waals surface area contributed by atoms with Crippen LogP contribution in [-0.2, 0) is 5.54 Å². The monoisotopic (exact) mass is 280 g/mol. The highest BCUT2D eigenvalue weighted by Gasteiger charge is 2.38. The van der Waals surface area contributed by atoms with Gasteiger partial charge >= 0.3 is 0 Å². The Balaban J connectivity index is 3.26. The molecule has 0 aliphatic carbocycles. The van der Waals surface area contributed by atoms with Gasteiger partial charge in [-0.3, -0.25) is 4.90 Å². The van der Waals surface area contributed by atoms with Crippen LogP contribution in [0.4, 0.5) is 4.39 Å². The fourth-order valence-electron chi connectivity index (χ4n) is 3.15. The Labute approximate surface area is 123 Å². The molecule has 1 rings (SSSR count). The van der Waals surface area contributed by atoms with Gasteiger partial charge in [-0.2, -0.15) is 0 Å². The van der Waals surface area contributed by atoms with E-state index in [4.69, 9.17) is 5.73 Å². The van der Waals surface area contributed by atoms with Crippen molar-refractivity contribution in [2.24, 2.45) is 5.73 Å². The van der Waals surface area contributed by atoms with Crippen LogP contribution in [0.15, 0.2) is 24.3 Å². The van der Waals surface area contributed by atoms with Crippen LogP contribution >= 0.6 is 0 Å². The standard InChI is InChI=1S/C17H29FN2/c1-5-11-16(20(7-3)8-4)17(19,6-2)14-12-9-10-13-15(14)18/h9-10,12-13,16H,5-8,11,19H2,1-4H3. The van der Waals surface area contributed by atoms with Crippen molar-refractivity contribution in [2.75, 3.05) is 13.1 Å². The molecule has 2 nitrogen and oxygen atoms in total. The SMILES string of the molecule is CCCC(N(CC)CC)C(N)(CC)c1ccccc1F. The third-order valence-corrected chi connectivity index (χ3v) is 4.37. The molecule has 0 aliphatic rings. The Morgan fingerprint density at radius 1 is 1.15 bits per heavy atom. The lowest BCUT2D eigenvalue weighted by atomic mass is 9.78. The zero-order valence-electron chi connectivity index (χ0n) is 13.3. The highest BCUT2D eigenvalue weighted by atomic mass is 19.1. The van der Waals surface area contributed by atoms with Gasteiger partial charge in [-0.15, -0.1) is 0 Å². The molecule has 0 saturated heterocycles. The lowest BCUT2D eigenvalue weighted by Crippen LogP contribution is -2.56. The van der Waals surface area contributed by atoms with Crippen molar-refractivity contribution in [3.8, 4) is 0 Å². The summed E-state index contributed by atoms with van der Waals surface area (Å²) in [7, 11) is 0. The fraction of sp³-hybridized carbons (Fsp3) is 0.647. The van der Waals surface area contributed by atoms with E-state index >= 15 is 0 Å². The number of nitrogens with two attached hydrogens (primary N) is 1. The lowest BCUT2D eigenvalue weighted by Gasteiger charge is -2.43. The molecule has 0 spiro atoms. The molecule has 2 unspecified atom stereocenters. The second-order valence-electron chi connectivity index (χ2n) is 5.40. The zero-order valence-corrected chi connectivity index (χ0v) is 13.3. The van der Waals surface area contributed by atoms with Crippen LogP contribution in [0.5, 0.6) is 0 Å². The first-order chi connectivity index (χ1) is 9.54. The number of hydrogen-bond acceptors (Lipinski definition) is 2. The lowest BCUT2D eigenvalue weighted by molar-refractivity contribution is 0.113. The van der Waals surface area contributed by atoms with E-state index in [-0.39, 0.29) is 11.9 Å². The van der Waals surface area contributed by atoms with Crippen molar-refractivity contribution in [1.82, 2.24) is 4.90 Å². The van der Waals surface area contributed by atoms with E-state index in [1.54, 1.807) is 6.07 Å². The summed E-state index contributed by atoms with van der Waals surface area (Å²) in [5.41, 5.74) is 6.73. The van der Waals surface area contributed by atoms with E-state index in [1.807, 2.05) is 12.1 Å². The number of benzene rings is 1. The smallest absolute Gasteiger partial charge is 0.128 e. The maximum atomic E-state index is 14.2. The molecule has 2 N–H and O–H groups in total. The van der Waals surface area contributed by atoms with Gasteiger partial charge in [0.1, 0.15) is 5.82 Å². The summed E-state index contributed by atoms with van der Waals surface area (Å²) < 4.78 is 14.2. The molecule has 0 heterocycles. The van der Waals surface area contributed by atoms with Gasteiger partial charge in [0.05, 0.1) is 5.54 Å². The van der Waals surface area contributed by atoms with E-state index in [1.165, 1.54) is 6.07 Å². The maximum absolute atomic E-state index is 14.2. The summed E-state index contributed by atoms with van der Waals surface area (Å²) in [5.74, 6) is -0.190. The van der Waals surface area contributed by atoms with Crippen LogP contribution in [0.25, 0.3) is 0 Å². The molecule has 0 fully saturated rings. The molecule has 0 bridgehead atoms. The first kappa shape index (κ1) is 17.1. The predicted molar refractivity (Wildman–Crippen MR) is 84.2 cm³/mol. The molecule has 0 saturated carbocycles.